The molecule has 2 amide bonds. The summed E-state index contributed by atoms with van der Waals surface area (Å²) in [6.07, 6.45) is 0. The predicted octanol–water partition coefficient (Wildman–Crippen LogP) is 2.15. The maximum Gasteiger partial charge on any atom is 0.284 e. The number of imidazole rings is 1. The van der Waals surface area contributed by atoms with Gasteiger partial charge in [-0.1, -0.05) is 36.4 Å². The number of nitrogens with zero attached hydrogens (tertiary/aromatic N) is 1. The highest BCUT2D eigenvalue weighted by Crippen LogP contribution is 2.18. The molecule has 0 fully saturated rings. The lowest BCUT2D eigenvalue weighted by molar-refractivity contribution is 0.0939. The molecule has 0 spiro atoms. The number of amides is 2. The van der Waals surface area contributed by atoms with E-state index >= 15 is 0 Å². The van der Waals surface area contributed by atoms with Gasteiger partial charge in [-0.05, 0) is 24.6 Å². The van der Waals surface area contributed by atoms with E-state index in [4.69, 9.17) is 5.73 Å². The first-order valence-corrected chi connectivity index (χ1v) is 7.20. The van der Waals surface area contributed by atoms with E-state index in [9.17, 15) is 9.59 Å². The molecule has 0 aliphatic heterocycles. The van der Waals surface area contributed by atoms with Crippen molar-refractivity contribution in [2.75, 3.05) is 0 Å². The van der Waals surface area contributed by atoms with Gasteiger partial charge in [0.2, 0.25) is 0 Å². The summed E-state index contributed by atoms with van der Waals surface area (Å²) in [6.45, 7) is 1.91. The number of fused-ring (bicyclic) bond motifs is 1. The zero-order chi connectivity index (χ0) is 16.4. The molecule has 6 nitrogen and oxygen atoms in total. The molecule has 4 N–H and O–H groups in total. The molecule has 1 atom stereocenters. The van der Waals surface area contributed by atoms with Crippen molar-refractivity contribution in [1.82, 2.24) is 15.3 Å². The lowest BCUT2D eigenvalue weighted by atomic mass is 10.1. The maximum atomic E-state index is 12.5. The summed E-state index contributed by atoms with van der Waals surface area (Å²) in [5, 5.41) is 2.93. The number of para-hydroxylation sites is 1. The van der Waals surface area contributed by atoms with E-state index in [-0.39, 0.29) is 17.8 Å². The Bertz CT molecular complexity index is 871. The summed E-state index contributed by atoms with van der Waals surface area (Å²) < 4.78 is 0. The first-order chi connectivity index (χ1) is 11.1. The molecule has 6 heteroatoms. The van der Waals surface area contributed by atoms with E-state index in [0.29, 0.717) is 16.6 Å². The van der Waals surface area contributed by atoms with Crippen molar-refractivity contribution in [3.63, 3.8) is 0 Å². The Morgan fingerprint density at radius 3 is 2.57 bits per heavy atom. The van der Waals surface area contributed by atoms with Crippen molar-refractivity contribution >= 4 is 22.8 Å². The Balaban J connectivity index is 1.90. The minimum absolute atomic E-state index is 0.0383. The highest BCUT2D eigenvalue weighted by molar-refractivity contribution is 6.06. The van der Waals surface area contributed by atoms with E-state index < -0.39 is 5.91 Å². The SMILES string of the molecule is C[C@H](NC(=O)c1cccc2[nH]c(C(N)=O)nc12)c1ccccc1. The van der Waals surface area contributed by atoms with Crippen LogP contribution in [0.5, 0.6) is 0 Å². The van der Waals surface area contributed by atoms with Gasteiger partial charge in [-0.25, -0.2) is 4.98 Å². The van der Waals surface area contributed by atoms with Crippen molar-refractivity contribution in [3.05, 3.63) is 65.5 Å². The highest BCUT2D eigenvalue weighted by atomic mass is 16.2. The molecule has 0 saturated heterocycles. The van der Waals surface area contributed by atoms with Gasteiger partial charge in [-0.2, -0.15) is 0 Å². The van der Waals surface area contributed by atoms with E-state index in [1.807, 2.05) is 37.3 Å². The smallest absolute Gasteiger partial charge is 0.284 e. The molecule has 2 aromatic carbocycles. The zero-order valence-electron chi connectivity index (χ0n) is 12.5. The number of hydrogen-bond acceptors (Lipinski definition) is 3. The fourth-order valence-corrected chi connectivity index (χ4v) is 2.43. The molecule has 0 bridgehead atoms. The number of hydrogen-bond donors (Lipinski definition) is 3. The molecule has 1 heterocycles. The molecule has 0 unspecified atom stereocenters. The molecule has 3 rings (SSSR count). The van der Waals surface area contributed by atoms with Crippen LogP contribution in [-0.4, -0.2) is 21.8 Å². The molecular weight excluding hydrogens is 292 g/mol. The molecule has 3 aromatic rings. The van der Waals surface area contributed by atoms with Crippen LogP contribution in [0.2, 0.25) is 0 Å². The van der Waals surface area contributed by atoms with E-state index in [0.717, 1.165) is 5.56 Å². The van der Waals surface area contributed by atoms with Crippen molar-refractivity contribution < 1.29 is 9.59 Å². The number of nitrogens with one attached hydrogen (secondary N) is 2. The number of nitrogens with two attached hydrogens (primary N) is 1. The minimum atomic E-state index is -0.662. The topological polar surface area (TPSA) is 101 Å². The predicted molar refractivity (Wildman–Crippen MR) is 86.9 cm³/mol. The van der Waals surface area contributed by atoms with Crippen LogP contribution < -0.4 is 11.1 Å². The summed E-state index contributed by atoms with van der Waals surface area (Å²) in [6, 6.07) is 14.7. The third kappa shape index (κ3) is 2.91. The van der Waals surface area contributed by atoms with Gasteiger partial charge in [0.15, 0.2) is 5.82 Å². The van der Waals surface area contributed by atoms with Crippen LogP contribution in [-0.2, 0) is 0 Å². The van der Waals surface area contributed by atoms with Gasteiger partial charge in [-0.15, -0.1) is 0 Å². The van der Waals surface area contributed by atoms with Crippen LogP contribution in [0, 0.1) is 0 Å². The summed E-state index contributed by atoms with van der Waals surface area (Å²) in [4.78, 5) is 30.7. The first-order valence-electron chi connectivity index (χ1n) is 7.20. The van der Waals surface area contributed by atoms with Crippen molar-refractivity contribution in [3.8, 4) is 0 Å². The van der Waals surface area contributed by atoms with Gasteiger partial charge in [0, 0.05) is 0 Å². The fourth-order valence-electron chi connectivity index (χ4n) is 2.43. The fraction of sp³-hybridized carbons (Fsp3) is 0.118. The number of aromatic amines is 1. The van der Waals surface area contributed by atoms with Crippen LogP contribution in [0.3, 0.4) is 0 Å². The van der Waals surface area contributed by atoms with E-state index in [1.54, 1.807) is 18.2 Å². The Morgan fingerprint density at radius 1 is 1.13 bits per heavy atom. The largest absolute Gasteiger partial charge is 0.363 e. The van der Waals surface area contributed by atoms with Crippen LogP contribution in [0.15, 0.2) is 48.5 Å². The average Bonchev–Trinajstić information content (AvgIpc) is 3.00. The third-order valence-electron chi connectivity index (χ3n) is 3.64. The van der Waals surface area contributed by atoms with Crippen LogP contribution in [0.1, 0.15) is 39.5 Å². The summed E-state index contributed by atoms with van der Waals surface area (Å²) in [7, 11) is 0. The lowest BCUT2D eigenvalue weighted by Crippen LogP contribution is -2.26. The molecule has 0 aliphatic carbocycles. The Labute approximate surface area is 132 Å². The molecule has 0 radical (unpaired) electrons. The second-order valence-electron chi connectivity index (χ2n) is 5.26. The zero-order valence-corrected chi connectivity index (χ0v) is 12.5. The van der Waals surface area contributed by atoms with Crippen molar-refractivity contribution in [2.45, 2.75) is 13.0 Å². The number of rotatable bonds is 4. The number of carbonyl (C=O) groups is 2. The molecular formula is C17H16N4O2. The van der Waals surface area contributed by atoms with Crippen LogP contribution >= 0.6 is 0 Å². The van der Waals surface area contributed by atoms with Gasteiger partial charge in [-0.3, -0.25) is 9.59 Å². The number of aromatic nitrogens is 2. The van der Waals surface area contributed by atoms with Gasteiger partial charge in [0.25, 0.3) is 11.8 Å². The van der Waals surface area contributed by atoms with Crippen molar-refractivity contribution in [2.24, 2.45) is 5.73 Å². The van der Waals surface area contributed by atoms with Crippen LogP contribution in [0.4, 0.5) is 0 Å². The lowest BCUT2D eigenvalue weighted by Gasteiger charge is -2.14. The number of H-pyrrole nitrogens is 1. The Kier molecular flexibility index (Phi) is 3.80. The minimum Gasteiger partial charge on any atom is -0.363 e. The van der Waals surface area contributed by atoms with E-state index in [2.05, 4.69) is 15.3 Å². The highest BCUT2D eigenvalue weighted by Gasteiger charge is 2.17. The quantitative estimate of drug-likeness (QED) is 0.688. The Hall–Kier alpha value is -3.15. The summed E-state index contributed by atoms with van der Waals surface area (Å²) >= 11 is 0. The molecule has 0 saturated carbocycles. The molecule has 1 aromatic heterocycles. The van der Waals surface area contributed by atoms with Gasteiger partial charge in [0.05, 0.1) is 17.1 Å². The van der Waals surface area contributed by atoms with Crippen LogP contribution in [0.25, 0.3) is 11.0 Å². The van der Waals surface area contributed by atoms with Gasteiger partial charge in [0.1, 0.15) is 5.52 Å². The first kappa shape index (κ1) is 14.8. The van der Waals surface area contributed by atoms with E-state index in [1.165, 1.54) is 0 Å². The monoisotopic (exact) mass is 308 g/mol. The van der Waals surface area contributed by atoms with Gasteiger partial charge >= 0.3 is 0 Å². The van der Waals surface area contributed by atoms with Gasteiger partial charge < -0.3 is 16.0 Å². The second kappa shape index (κ2) is 5.92. The Morgan fingerprint density at radius 2 is 1.87 bits per heavy atom. The summed E-state index contributed by atoms with van der Waals surface area (Å²) in [5.74, 6) is -0.879. The standard InChI is InChI=1S/C17H16N4O2/c1-10(11-6-3-2-4-7-11)19-17(23)12-8-5-9-13-14(12)21-16(20-13)15(18)22/h2-10H,1H3,(H2,18,22)(H,19,23)(H,20,21)/t10-/m0/s1. The average molecular weight is 308 g/mol. The summed E-state index contributed by atoms with van der Waals surface area (Å²) in [5.41, 5.74) is 7.66. The number of benzene rings is 2. The number of primary amides is 1. The second-order valence-corrected chi connectivity index (χ2v) is 5.26. The normalized spacial score (nSPS) is 12.0. The third-order valence-corrected chi connectivity index (χ3v) is 3.64. The van der Waals surface area contributed by atoms with Crippen molar-refractivity contribution in [1.29, 1.82) is 0 Å². The maximum absolute atomic E-state index is 12.5. The number of carbonyl (C=O) groups excluding carboxylic acids is 2. The molecule has 23 heavy (non-hydrogen) atoms. The molecule has 116 valence electrons. The molecule has 0 aliphatic rings.